The molecule has 4 nitrogen and oxygen atoms in total. The lowest BCUT2D eigenvalue weighted by Gasteiger charge is -2.44. The third-order valence-corrected chi connectivity index (χ3v) is 17.7. The Hall–Kier alpha value is -7.73. The second-order valence-electron chi connectivity index (χ2n) is 16.4. The number of hydrogen-bond donors (Lipinski definition) is 0. The Labute approximate surface area is 370 Å². The van der Waals surface area contributed by atoms with Gasteiger partial charge in [-0.3, -0.25) is 8.97 Å². The topological polar surface area (TPSA) is 31.5 Å². The van der Waals surface area contributed by atoms with Crippen LogP contribution in [0.4, 0.5) is 0 Å². The van der Waals surface area contributed by atoms with Gasteiger partial charge in [-0.1, -0.05) is 194 Å². The van der Waals surface area contributed by atoms with E-state index >= 15 is 0 Å². The van der Waals surface area contributed by atoms with Crippen LogP contribution in [0.2, 0.25) is 0 Å². The van der Waals surface area contributed by atoms with Gasteiger partial charge in [0.2, 0.25) is 5.78 Å². The molecule has 0 N–H and O–H groups in total. The molecule has 0 spiro atoms. The van der Waals surface area contributed by atoms with Crippen LogP contribution in [0.5, 0.6) is 11.5 Å². The third-order valence-electron chi connectivity index (χ3n) is 12.9. The number of benzene rings is 9. The molecule has 1 aliphatic heterocycles. The molecule has 1 atom stereocenters. The molecule has 0 saturated carbocycles. The van der Waals surface area contributed by atoms with Gasteiger partial charge in [0.05, 0.1) is 22.1 Å². The Kier molecular flexibility index (Phi) is 8.32. The van der Waals surface area contributed by atoms with Crippen molar-refractivity contribution in [2.45, 2.75) is 18.2 Å². The van der Waals surface area contributed by atoms with Gasteiger partial charge in [-0.15, -0.1) is 0 Å². The first kappa shape index (κ1) is 34.9. The van der Waals surface area contributed by atoms with Gasteiger partial charge in [-0.05, 0) is 87.1 Å². The molecule has 0 aliphatic carbocycles. The minimum atomic E-state index is -3.39. The molecule has 0 amide bonds. The predicted octanol–water partition coefficient (Wildman–Crippen LogP) is 10.7. The molecule has 63 heavy (non-hydrogen) atoms. The van der Waals surface area contributed by atoms with E-state index in [1.54, 1.807) is 0 Å². The van der Waals surface area contributed by atoms with Crippen LogP contribution in [0.3, 0.4) is 0 Å². The summed E-state index contributed by atoms with van der Waals surface area (Å²) >= 11 is 0. The smallest absolute Gasteiger partial charge is 0.220 e. The fourth-order valence-corrected chi connectivity index (χ4v) is 15.2. The highest BCUT2D eigenvalue weighted by atomic mass is 28.3. The van der Waals surface area contributed by atoms with Gasteiger partial charge in [0.15, 0.2) is 8.07 Å². The highest BCUT2D eigenvalue weighted by molar-refractivity contribution is 7.20. The number of hydrogen-bond acceptors (Lipinski definition) is 2. The molecule has 0 radical (unpaired) electrons. The van der Waals surface area contributed by atoms with Gasteiger partial charge in [0.1, 0.15) is 11.5 Å². The van der Waals surface area contributed by atoms with Gasteiger partial charge >= 0.3 is 0 Å². The van der Waals surface area contributed by atoms with Crippen LogP contribution in [0.1, 0.15) is 25.0 Å². The Balaban J connectivity index is 1.19. The predicted molar refractivity (Wildman–Crippen MR) is 261 cm³/mol. The molecule has 1 unspecified atom stereocenters. The molecule has 0 fully saturated rings. The number of fused-ring (bicyclic) bond motifs is 7. The summed E-state index contributed by atoms with van der Waals surface area (Å²) in [6, 6.07) is 82.4. The first-order valence-electron chi connectivity index (χ1n) is 22.6. The summed E-state index contributed by atoms with van der Waals surface area (Å²) in [5, 5.41) is 4.59. The van der Waals surface area contributed by atoms with Crippen LogP contribution in [-0.4, -0.2) is 22.0 Å². The van der Waals surface area contributed by atoms with Crippen molar-refractivity contribution in [2.24, 2.45) is 0 Å². The zero-order valence-electron chi connectivity index (χ0n) is 36.5. The molecule has 1 aliphatic rings. The summed E-state index contributed by atoms with van der Waals surface area (Å²) in [6.45, 7) is 0. The van der Waals surface area contributed by atoms with Crippen molar-refractivity contribution >= 4 is 56.7 Å². The fourth-order valence-electron chi connectivity index (χ4n) is 10.3. The largest absolute Gasteiger partial charge is 0.457 e. The minimum Gasteiger partial charge on any atom is -0.457 e. The van der Waals surface area contributed by atoms with Crippen LogP contribution in [0.25, 0.3) is 33.5 Å². The van der Waals surface area contributed by atoms with E-state index in [4.69, 9.17) is 9.72 Å². The van der Waals surface area contributed by atoms with Gasteiger partial charge in [-0.25, -0.2) is 4.98 Å². The molecule has 300 valence electrons. The summed E-state index contributed by atoms with van der Waals surface area (Å²) in [5.74, 6) is 2.22. The van der Waals surface area contributed by atoms with Gasteiger partial charge < -0.3 is 4.74 Å². The van der Waals surface area contributed by atoms with E-state index in [9.17, 15) is 2.74 Å². The summed E-state index contributed by atoms with van der Waals surface area (Å²) in [4.78, 5) is 5.25. The highest BCUT2D eigenvalue weighted by Gasteiger charge is 2.49. The van der Waals surface area contributed by atoms with Gasteiger partial charge in [-0.2, -0.15) is 0 Å². The summed E-state index contributed by atoms with van der Waals surface area (Å²) in [5.41, 5.74) is 7.26. The summed E-state index contributed by atoms with van der Waals surface area (Å²) in [6.07, 6.45) is -1.49. The van der Waals surface area contributed by atoms with Gasteiger partial charge in [0.25, 0.3) is 0 Å². The third kappa shape index (κ3) is 5.84. The van der Waals surface area contributed by atoms with E-state index in [2.05, 4.69) is 173 Å². The summed E-state index contributed by atoms with van der Waals surface area (Å²) in [7, 11) is -3.39. The Morgan fingerprint density at radius 3 is 1.78 bits per heavy atom. The quantitative estimate of drug-likeness (QED) is 0.107. The van der Waals surface area contributed by atoms with E-state index < -0.39 is 19.9 Å². The van der Waals surface area contributed by atoms with Crippen LogP contribution in [0, 0.1) is 0 Å². The zero-order chi connectivity index (χ0) is 43.6. The van der Waals surface area contributed by atoms with Crippen LogP contribution in [0.15, 0.2) is 237 Å². The number of imidazole rings is 2. The molecule has 0 saturated heterocycles. The van der Waals surface area contributed by atoms with Crippen molar-refractivity contribution in [2.75, 3.05) is 0 Å². The Morgan fingerprint density at radius 1 is 0.492 bits per heavy atom. The minimum absolute atomic E-state index is 0.405. The molecule has 3 heterocycles. The molecule has 9 aromatic carbocycles. The average molecular weight is 828 g/mol. The first-order valence-corrected chi connectivity index (χ1v) is 23.6. The van der Waals surface area contributed by atoms with Gasteiger partial charge in [0, 0.05) is 25.0 Å². The second kappa shape index (κ2) is 15.0. The van der Waals surface area contributed by atoms with Crippen LogP contribution < -0.4 is 25.5 Å². The number of para-hydroxylation sites is 6. The maximum atomic E-state index is 10.5. The molecule has 12 rings (SSSR count). The van der Waals surface area contributed by atoms with E-state index in [0.717, 1.165) is 60.6 Å². The fraction of sp³-hybridized carbons (Fsp3) is 0.0517. The SMILES string of the molecule is [2H]C([2H])(c1ccccc1)C1(Cc2ccccc2)c2ccccc2Oc2c1cccc2[Si](c1ccccc1)(c1ccccc1)c1cccc(-n2c3ccccc3n3c4ccccc4nc23)c1. The molecule has 11 aromatic rings. The highest BCUT2D eigenvalue weighted by Crippen LogP contribution is 2.51. The van der Waals surface area contributed by atoms with Crippen molar-refractivity contribution in [1.82, 2.24) is 14.0 Å². The van der Waals surface area contributed by atoms with E-state index in [0.29, 0.717) is 23.5 Å². The number of rotatable bonds is 9. The van der Waals surface area contributed by atoms with Crippen molar-refractivity contribution < 1.29 is 7.48 Å². The molecular weight excluding hydrogens is 783 g/mol. The summed E-state index contributed by atoms with van der Waals surface area (Å²) < 4.78 is 33.0. The number of nitrogens with zero attached hydrogens (tertiary/aromatic N) is 3. The lowest BCUT2D eigenvalue weighted by atomic mass is 9.65. The maximum Gasteiger partial charge on any atom is 0.220 e. The molecular formula is C58H43N3OSi. The average Bonchev–Trinajstić information content (AvgIpc) is 3.90. The maximum absolute atomic E-state index is 10.5. The first-order chi connectivity index (χ1) is 32.0. The van der Waals surface area contributed by atoms with Crippen molar-refractivity contribution in [1.29, 1.82) is 0 Å². The number of aromatic nitrogens is 3. The lowest BCUT2D eigenvalue weighted by Crippen LogP contribution is -2.75. The van der Waals surface area contributed by atoms with Crippen LogP contribution >= 0.6 is 0 Å². The Morgan fingerprint density at radius 2 is 1.05 bits per heavy atom. The standard InChI is InChI=1S/C58H43N3OSi/c1-5-21-42(22-6-1)40-58(41-43-23-7-2-8-24-43)48-31-13-18-37-54(48)62-56-49(58)32-20-38-55(56)63(45-26-9-3-10-27-45,46-28-11-4-12-29-46)47-30-19-25-44(39-47)60-52-35-16-17-36-53(52)61-51-34-15-14-33-50(51)59-57(60)61/h1-39H,40-41H2/i40D2. The molecule has 0 bridgehead atoms. The van der Waals surface area contributed by atoms with Crippen molar-refractivity contribution in [3.05, 3.63) is 259 Å². The second-order valence-corrected chi connectivity index (χ2v) is 20.2. The molecule has 2 aromatic heterocycles. The monoisotopic (exact) mass is 827 g/mol. The zero-order valence-corrected chi connectivity index (χ0v) is 35.5. The van der Waals surface area contributed by atoms with Crippen molar-refractivity contribution in [3.8, 4) is 17.2 Å². The van der Waals surface area contributed by atoms with Crippen LogP contribution in [-0.2, 0) is 18.2 Å². The normalized spacial score (nSPS) is 15.4. The lowest BCUT2D eigenvalue weighted by molar-refractivity contribution is 0.388. The van der Waals surface area contributed by atoms with E-state index in [-0.39, 0.29) is 0 Å². The van der Waals surface area contributed by atoms with E-state index in [1.165, 1.54) is 10.4 Å². The Bertz CT molecular complexity index is 3500. The van der Waals surface area contributed by atoms with E-state index in [1.807, 2.05) is 72.8 Å². The molecule has 5 heteroatoms. The van der Waals surface area contributed by atoms with Crippen molar-refractivity contribution in [3.63, 3.8) is 0 Å². The number of ether oxygens (including phenoxy) is 1.